The molecule has 1 aromatic carbocycles. The minimum atomic E-state index is 0.0735. The van der Waals surface area contributed by atoms with Gasteiger partial charge >= 0.3 is 0 Å². The molecule has 0 fully saturated rings. The van der Waals surface area contributed by atoms with E-state index in [-0.39, 0.29) is 12.1 Å². The van der Waals surface area contributed by atoms with Crippen LogP contribution in [-0.4, -0.2) is 29.0 Å². The van der Waals surface area contributed by atoms with E-state index in [1.165, 1.54) is 10.5 Å². The Morgan fingerprint density at radius 2 is 2.22 bits per heavy atom. The summed E-state index contributed by atoms with van der Waals surface area (Å²) in [5.74, 6) is 0. The maximum absolute atomic E-state index is 9.12. The molecule has 0 aliphatic carbocycles. The van der Waals surface area contributed by atoms with E-state index >= 15 is 0 Å². The van der Waals surface area contributed by atoms with Crippen molar-refractivity contribution < 1.29 is 5.11 Å². The Balaban J connectivity index is 1.86. The van der Waals surface area contributed by atoms with Crippen molar-refractivity contribution in [3.8, 4) is 0 Å². The van der Waals surface area contributed by atoms with Crippen LogP contribution in [0.4, 0.5) is 0 Å². The summed E-state index contributed by atoms with van der Waals surface area (Å²) in [7, 11) is 0. The molecule has 2 N–H and O–H groups in total. The lowest BCUT2D eigenvalue weighted by Crippen LogP contribution is -2.45. The zero-order valence-electron chi connectivity index (χ0n) is 11.3. The highest BCUT2D eigenvalue weighted by molar-refractivity contribution is 8.00. The maximum atomic E-state index is 9.12. The SMILES string of the molecule is CCC(C)(CCO)NCC1Cc2ccccc2S1. The average molecular weight is 265 g/mol. The lowest BCUT2D eigenvalue weighted by atomic mass is 9.94. The molecule has 0 amide bonds. The average Bonchev–Trinajstić information content (AvgIpc) is 2.79. The largest absolute Gasteiger partial charge is 0.396 e. The van der Waals surface area contributed by atoms with Crippen LogP contribution in [0.25, 0.3) is 0 Å². The summed E-state index contributed by atoms with van der Waals surface area (Å²) in [4.78, 5) is 1.43. The predicted molar refractivity (Wildman–Crippen MR) is 78.2 cm³/mol. The molecule has 1 aliphatic heterocycles. The summed E-state index contributed by atoms with van der Waals surface area (Å²) in [6.07, 6.45) is 3.04. The maximum Gasteiger partial charge on any atom is 0.0448 e. The number of fused-ring (bicyclic) bond motifs is 1. The molecule has 100 valence electrons. The summed E-state index contributed by atoms with van der Waals surface area (Å²) in [5, 5.41) is 13.4. The third-order valence-electron chi connectivity index (χ3n) is 3.91. The first-order valence-electron chi connectivity index (χ1n) is 6.77. The first-order valence-corrected chi connectivity index (χ1v) is 7.65. The molecule has 1 aliphatic rings. The number of aliphatic hydroxyl groups is 1. The van der Waals surface area contributed by atoms with E-state index in [9.17, 15) is 0 Å². The van der Waals surface area contributed by atoms with Crippen LogP contribution < -0.4 is 5.32 Å². The number of rotatable bonds is 6. The molecule has 2 atom stereocenters. The van der Waals surface area contributed by atoms with Crippen LogP contribution in [0.15, 0.2) is 29.2 Å². The Bertz CT molecular complexity index is 371. The highest BCUT2D eigenvalue weighted by Gasteiger charge is 2.26. The third-order valence-corrected chi connectivity index (χ3v) is 5.23. The minimum Gasteiger partial charge on any atom is -0.396 e. The van der Waals surface area contributed by atoms with E-state index in [0.29, 0.717) is 5.25 Å². The smallest absolute Gasteiger partial charge is 0.0448 e. The van der Waals surface area contributed by atoms with Gasteiger partial charge in [0, 0.05) is 28.8 Å². The molecule has 18 heavy (non-hydrogen) atoms. The second-order valence-electron chi connectivity index (χ2n) is 5.32. The predicted octanol–water partition coefficient (Wildman–Crippen LogP) is 2.84. The molecule has 0 saturated carbocycles. The van der Waals surface area contributed by atoms with Crippen molar-refractivity contribution in [3.63, 3.8) is 0 Å². The number of benzene rings is 1. The molecule has 1 heterocycles. The van der Waals surface area contributed by atoms with Crippen molar-refractivity contribution in [2.24, 2.45) is 0 Å². The van der Waals surface area contributed by atoms with Gasteiger partial charge in [0.2, 0.25) is 0 Å². The van der Waals surface area contributed by atoms with Gasteiger partial charge in [-0.05, 0) is 37.8 Å². The molecule has 0 aromatic heterocycles. The fraction of sp³-hybridized carbons (Fsp3) is 0.600. The first kappa shape index (κ1) is 13.9. The zero-order chi connectivity index (χ0) is 13.0. The Hall–Kier alpha value is -0.510. The van der Waals surface area contributed by atoms with Crippen molar-refractivity contribution in [1.82, 2.24) is 5.32 Å². The summed E-state index contributed by atoms with van der Waals surface area (Å²) in [6, 6.07) is 8.68. The first-order chi connectivity index (χ1) is 8.67. The van der Waals surface area contributed by atoms with Crippen molar-refractivity contribution >= 4 is 11.8 Å². The normalized spacial score (nSPS) is 21.6. The molecule has 2 nitrogen and oxygen atoms in total. The van der Waals surface area contributed by atoms with E-state index in [4.69, 9.17) is 5.11 Å². The Kier molecular flexibility index (Phi) is 4.71. The van der Waals surface area contributed by atoms with Crippen molar-refractivity contribution in [2.45, 2.75) is 48.8 Å². The van der Waals surface area contributed by atoms with Gasteiger partial charge in [0.1, 0.15) is 0 Å². The molecule has 2 rings (SSSR count). The van der Waals surface area contributed by atoms with Gasteiger partial charge in [0.05, 0.1) is 0 Å². The van der Waals surface area contributed by atoms with Gasteiger partial charge < -0.3 is 10.4 Å². The van der Waals surface area contributed by atoms with E-state index in [1.54, 1.807) is 0 Å². The van der Waals surface area contributed by atoms with E-state index in [1.807, 2.05) is 11.8 Å². The molecule has 1 aromatic rings. The fourth-order valence-electron chi connectivity index (χ4n) is 2.36. The fourth-order valence-corrected chi connectivity index (χ4v) is 3.61. The van der Waals surface area contributed by atoms with Gasteiger partial charge in [-0.1, -0.05) is 25.1 Å². The Morgan fingerprint density at radius 3 is 2.89 bits per heavy atom. The van der Waals surface area contributed by atoms with Crippen molar-refractivity contribution in [2.75, 3.05) is 13.2 Å². The van der Waals surface area contributed by atoms with Crippen LogP contribution >= 0.6 is 11.8 Å². The van der Waals surface area contributed by atoms with Gasteiger partial charge in [-0.25, -0.2) is 0 Å². The molecule has 0 saturated heterocycles. The van der Waals surface area contributed by atoms with E-state index in [0.717, 1.165) is 25.8 Å². The second-order valence-corrected chi connectivity index (χ2v) is 6.66. The molecule has 2 unspecified atom stereocenters. The zero-order valence-corrected chi connectivity index (χ0v) is 12.1. The van der Waals surface area contributed by atoms with Gasteiger partial charge in [-0.3, -0.25) is 0 Å². The van der Waals surface area contributed by atoms with Crippen LogP contribution in [0.5, 0.6) is 0 Å². The summed E-state index contributed by atoms with van der Waals surface area (Å²) in [6.45, 7) is 5.66. The van der Waals surface area contributed by atoms with Gasteiger partial charge in [0.25, 0.3) is 0 Å². The van der Waals surface area contributed by atoms with E-state index in [2.05, 4.69) is 43.4 Å². The van der Waals surface area contributed by atoms with Crippen LogP contribution in [0.2, 0.25) is 0 Å². The van der Waals surface area contributed by atoms with Crippen molar-refractivity contribution in [1.29, 1.82) is 0 Å². The number of thioether (sulfide) groups is 1. The monoisotopic (exact) mass is 265 g/mol. The highest BCUT2D eigenvalue weighted by atomic mass is 32.2. The molecule has 0 spiro atoms. The number of aliphatic hydroxyl groups excluding tert-OH is 1. The lowest BCUT2D eigenvalue weighted by Gasteiger charge is -2.30. The van der Waals surface area contributed by atoms with Gasteiger partial charge in [0.15, 0.2) is 0 Å². The molecule has 0 radical (unpaired) electrons. The molecular weight excluding hydrogens is 242 g/mol. The second kappa shape index (κ2) is 6.09. The van der Waals surface area contributed by atoms with Crippen molar-refractivity contribution in [3.05, 3.63) is 29.8 Å². The van der Waals surface area contributed by atoms with Gasteiger partial charge in [-0.15, -0.1) is 11.8 Å². The molecular formula is C15H23NOS. The third kappa shape index (κ3) is 3.28. The molecule has 3 heteroatoms. The quantitative estimate of drug-likeness (QED) is 0.829. The number of hydrogen-bond acceptors (Lipinski definition) is 3. The Labute approximate surface area is 114 Å². The summed E-state index contributed by atoms with van der Waals surface area (Å²) >= 11 is 1.98. The summed E-state index contributed by atoms with van der Waals surface area (Å²) in [5.41, 5.74) is 1.55. The topological polar surface area (TPSA) is 32.3 Å². The van der Waals surface area contributed by atoms with Crippen LogP contribution in [0, 0.1) is 0 Å². The highest BCUT2D eigenvalue weighted by Crippen LogP contribution is 2.36. The lowest BCUT2D eigenvalue weighted by molar-refractivity contribution is 0.216. The Morgan fingerprint density at radius 1 is 1.44 bits per heavy atom. The minimum absolute atomic E-state index is 0.0735. The van der Waals surface area contributed by atoms with E-state index < -0.39 is 0 Å². The standard InChI is InChI=1S/C15H23NOS/c1-3-15(2,8-9-17)16-11-13-10-12-6-4-5-7-14(12)18-13/h4-7,13,16-17H,3,8-11H2,1-2H3. The van der Waals surface area contributed by atoms with Crippen LogP contribution in [-0.2, 0) is 6.42 Å². The summed E-state index contributed by atoms with van der Waals surface area (Å²) < 4.78 is 0. The number of nitrogens with one attached hydrogen (secondary N) is 1. The van der Waals surface area contributed by atoms with Crippen LogP contribution in [0.1, 0.15) is 32.3 Å². The molecule has 0 bridgehead atoms. The number of hydrogen-bond donors (Lipinski definition) is 2. The van der Waals surface area contributed by atoms with Gasteiger partial charge in [-0.2, -0.15) is 0 Å². The van der Waals surface area contributed by atoms with Crippen LogP contribution in [0.3, 0.4) is 0 Å².